The summed E-state index contributed by atoms with van der Waals surface area (Å²) >= 11 is 0. The van der Waals surface area contributed by atoms with Crippen molar-refractivity contribution in [3.8, 4) is 0 Å². The third kappa shape index (κ3) is 57.4. The van der Waals surface area contributed by atoms with Gasteiger partial charge >= 0.3 is 13.8 Å². The molecule has 3 unspecified atom stereocenters. The molecule has 0 aliphatic heterocycles. The fraction of sp³-hybridized carbons (Fsp3) is 0.731. The molecule has 2 N–H and O–H groups in total. The minimum Gasteiger partial charge on any atom is -0.456 e. The van der Waals surface area contributed by atoms with E-state index in [1.54, 1.807) is 0 Å². The molecule has 0 aromatic heterocycles. The predicted octanol–water partition coefficient (Wildman–Crippen LogP) is 19.6. The van der Waals surface area contributed by atoms with Crippen LogP contribution in [0.25, 0.3) is 0 Å². The molecule has 0 saturated carbocycles. The molecule has 0 aromatic rings. The van der Waals surface area contributed by atoms with E-state index < -0.39 is 20.0 Å². The Morgan fingerprint density at radius 1 is 0.455 bits per heavy atom. The smallest absolute Gasteiger partial charge is 0.456 e. The molecule has 0 aliphatic rings. The number of carbonyl (C=O) groups is 2. The summed E-state index contributed by atoms with van der Waals surface area (Å²) in [6.07, 6.45) is 75.4. The molecule has 0 spiro atoms. The summed E-state index contributed by atoms with van der Waals surface area (Å²) in [5.41, 5.74) is 0. The van der Waals surface area contributed by atoms with Gasteiger partial charge in [0.1, 0.15) is 19.3 Å². The van der Waals surface area contributed by atoms with Gasteiger partial charge < -0.3 is 19.4 Å². The first-order valence-corrected chi connectivity index (χ1v) is 33.1. The van der Waals surface area contributed by atoms with Crippen molar-refractivity contribution >= 4 is 19.7 Å². The van der Waals surface area contributed by atoms with E-state index in [1.165, 1.54) is 122 Å². The zero-order valence-corrected chi connectivity index (χ0v) is 51.6. The Labute approximate surface area is 475 Å². The van der Waals surface area contributed by atoms with Gasteiger partial charge in [-0.3, -0.25) is 18.6 Å². The number of hydrogen-bond donors (Lipinski definition) is 2. The van der Waals surface area contributed by atoms with E-state index in [0.29, 0.717) is 23.9 Å². The van der Waals surface area contributed by atoms with E-state index in [1.807, 2.05) is 33.3 Å². The fourth-order valence-corrected chi connectivity index (χ4v) is 9.31. The number of nitrogens with zero attached hydrogens (tertiary/aromatic N) is 1. The highest BCUT2D eigenvalue weighted by Crippen LogP contribution is 2.43. The quantitative estimate of drug-likeness (QED) is 0.0205. The number of rotatable bonds is 56. The number of amides is 1. The molecular formula is C67H120N2O7P+. The molecule has 77 heavy (non-hydrogen) atoms. The Hall–Kier alpha value is -3.07. The van der Waals surface area contributed by atoms with Gasteiger partial charge in [-0.1, -0.05) is 234 Å². The number of quaternary nitrogens is 1. The highest BCUT2D eigenvalue weighted by Gasteiger charge is 2.30. The molecule has 1 amide bonds. The van der Waals surface area contributed by atoms with Crippen molar-refractivity contribution in [3.63, 3.8) is 0 Å². The molecule has 0 radical (unpaired) electrons. The van der Waals surface area contributed by atoms with E-state index >= 15 is 0 Å². The molecule has 0 fully saturated rings. The van der Waals surface area contributed by atoms with E-state index in [-0.39, 0.29) is 37.9 Å². The lowest BCUT2D eigenvalue weighted by Gasteiger charge is -2.27. The van der Waals surface area contributed by atoms with Crippen LogP contribution >= 0.6 is 7.82 Å². The van der Waals surface area contributed by atoms with Crippen LogP contribution in [0.2, 0.25) is 0 Å². The van der Waals surface area contributed by atoms with Gasteiger partial charge in [-0.05, 0) is 115 Å². The van der Waals surface area contributed by atoms with Crippen molar-refractivity contribution in [2.75, 3.05) is 40.9 Å². The van der Waals surface area contributed by atoms with Crippen molar-refractivity contribution < 1.29 is 37.3 Å². The second kappa shape index (κ2) is 56.2. The fourth-order valence-electron chi connectivity index (χ4n) is 8.58. The normalized spacial score (nSPS) is 14.3. The number of allylic oxidation sites excluding steroid dienone is 15. The largest absolute Gasteiger partial charge is 0.472 e. The van der Waals surface area contributed by atoms with Crippen molar-refractivity contribution in [1.29, 1.82) is 0 Å². The lowest BCUT2D eigenvalue weighted by atomic mass is 10.0. The first-order valence-electron chi connectivity index (χ1n) is 31.6. The highest BCUT2D eigenvalue weighted by molar-refractivity contribution is 7.47. The zero-order valence-electron chi connectivity index (χ0n) is 50.7. The van der Waals surface area contributed by atoms with E-state index in [2.05, 4.69) is 111 Å². The third-order valence-electron chi connectivity index (χ3n) is 13.5. The topological polar surface area (TPSA) is 111 Å². The maximum atomic E-state index is 13.5. The molecule has 0 saturated heterocycles. The van der Waals surface area contributed by atoms with Crippen LogP contribution in [0.3, 0.4) is 0 Å². The summed E-state index contributed by atoms with van der Waals surface area (Å²) in [6, 6.07) is -0.876. The van der Waals surface area contributed by atoms with E-state index in [4.69, 9.17) is 13.8 Å². The molecule has 0 bridgehead atoms. The number of ether oxygens (including phenoxy) is 1. The maximum absolute atomic E-state index is 13.5. The number of carbonyl (C=O) groups excluding carboxylic acids is 2. The number of hydrogen-bond acceptors (Lipinski definition) is 6. The molecule has 10 heteroatoms. The maximum Gasteiger partial charge on any atom is 0.472 e. The van der Waals surface area contributed by atoms with Crippen molar-refractivity contribution in [3.05, 3.63) is 97.2 Å². The Morgan fingerprint density at radius 2 is 0.792 bits per heavy atom. The number of nitrogens with one attached hydrogen (secondary N) is 1. The predicted molar refractivity (Wildman–Crippen MR) is 332 cm³/mol. The van der Waals surface area contributed by atoms with Gasteiger partial charge in [-0.15, -0.1) is 0 Å². The molecule has 9 nitrogen and oxygen atoms in total. The van der Waals surface area contributed by atoms with Crippen LogP contribution < -0.4 is 5.32 Å². The molecule has 0 heterocycles. The second-order valence-electron chi connectivity index (χ2n) is 22.2. The average Bonchev–Trinajstić information content (AvgIpc) is 3.39. The number of likely N-dealkylation sites (N-methyl/N-ethyl adjacent to an activating group) is 1. The van der Waals surface area contributed by atoms with E-state index in [0.717, 1.165) is 96.3 Å². The Balaban J connectivity index is 5.38. The van der Waals surface area contributed by atoms with E-state index in [9.17, 15) is 19.0 Å². The zero-order chi connectivity index (χ0) is 56.4. The first kappa shape index (κ1) is 73.9. The van der Waals surface area contributed by atoms with Crippen LogP contribution in [0.4, 0.5) is 0 Å². The van der Waals surface area contributed by atoms with Gasteiger partial charge in [0, 0.05) is 12.8 Å². The van der Waals surface area contributed by atoms with Crippen LogP contribution in [-0.2, 0) is 27.9 Å². The van der Waals surface area contributed by atoms with Crippen LogP contribution in [0.1, 0.15) is 265 Å². The van der Waals surface area contributed by atoms with Crippen molar-refractivity contribution in [2.24, 2.45) is 0 Å². The summed E-state index contributed by atoms with van der Waals surface area (Å²) in [4.78, 5) is 37.7. The summed E-state index contributed by atoms with van der Waals surface area (Å²) in [5, 5.41) is 3.04. The standard InChI is InChI=1S/C67H119N2O7P/c1-7-10-13-16-19-22-25-28-30-32-34-36-38-41-44-47-50-53-56-59-66(70)68-64(63-75-77(72,73)74-62-61-69(4,5)6)65(58-55-52-49-46-43-40-27-24-21-18-15-12-9-3)76-67(71)60-57-54-51-48-45-42-39-37-35-33-31-29-26-23-20-17-14-11-8-2/h19-20,22-23,28-31,34-37,41,44,55,58,64-65H,7-18,21,24-27,32-33,38-40,42-43,45-54,56-57,59-63H2,1-6H3,(H-,68,70,72,73)/p+1/b22-19-,23-20-,30-28-,31-29-,36-34-,37-35-,44-41-,58-55+. The van der Waals surface area contributed by atoms with Crippen LogP contribution in [-0.4, -0.2) is 74.3 Å². The lowest BCUT2D eigenvalue weighted by molar-refractivity contribution is -0.870. The summed E-state index contributed by atoms with van der Waals surface area (Å²) in [5.74, 6) is -0.558. The molecule has 444 valence electrons. The Morgan fingerprint density at radius 3 is 1.22 bits per heavy atom. The number of phosphoric ester groups is 1. The van der Waals surface area contributed by atoms with Crippen LogP contribution in [0.5, 0.6) is 0 Å². The summed E-state index contributed by atoms with van der Waals surface area (Å²) in [7, 11) is 1.46. The van der Waals surface area contributed by atoms with Gasteiger partial charge in [-0.25, -0.2) is 4.57 Å². The second-order valence-corrected chi connectivity index (χ2v) is 23.7. The third-order valence-corrected chi connectivity index (χ3v) is 14.5. The van der Waals surface area contributed by atoms with Crippen LogP contribution in [0, 0.1) is 0 Å². The number of unbranched alkanes of at least 4 members (excludes halogenated alkanes) is 26. The van der Waals surface area contributed by atoms with Crippen molar-refractivity contribution in [1.82, 2.24) is 5.32 Å². The molecular weight excluding hydrogens is 976 g/mol. The number of esters is 1. The Kier molecular flexibility index (Phi) is 54.0. The minimum absolute atomic E-state index is 0.0270. The van der Waals surface area contributed by atoms with Gasteiger partial charge in [0.2, 0.25) is 5.91 Å². The Bertz CT molecular complexity index is 1640. The number of phosphoric acid groups is 1. The SMILES string of the molecule is CCCCC/C=C\C/C=C\C/C=C\C/C=C\CCCCCC(=O)NC(COP(=O)(O)OCC[N+](C)(C)C)C(/C=C/CCCCCCCCCCCCC)OC(=O)CCCCCCCC/C=C\C/C=C\C/C=C\CCCCC. The molecule has 3 atom stereocenters. The summed E-state index contributed by atoms with van der Waals surface area (Å²) < 4.78 is 30.7. The lowest BCUT2D eigenvalue weighted by Crippen LogP contribution is -2.47. The average molecular weight is 1100 g/mol. The van der Waals surface area contributed by atoms with Gasteiger partial charge in [-0.2, -0.15) is 0 Å². The van der Waals surface area contributed by atoms with Crippen LogP contribution in [0.15, 0.2) is 97.2 Å². The molecule has 0 aliphatic carbocycles. The highest BCUT2D eigenvalue weighted by atomic mass is 31.2. The molecule has 0 rings (SSSR count). The minimum atomic E-state index is -4.47. The summed E-state index contributed by atoms with van der Waals surface area (Å²) in [6.45, 7) is 6.92. The van der Waals surface area contributed by atoms with Gasteiger partial charge in [0.05, 0.1) is 33.8 Å². The monoisotopic (exact) mass is 1100 g/mol. The van der Waals surface area contributed by atoms with Gasteiger partial charge in [0.25, 0.3) is 0 Å². The first-order chi connectivity index (χ1) is 37.4. The molecule has 0 aromatic carbocycles. The van der Waals surface area contributed by atoms with Gasteiger partial charge in [0.15, 0.2) is 0 Å². The van der Waals surface area contributed by atoms with Crippen molar-refractivity contribution in [2.45, 2.75) is 277 Å².